The number of fused-ring (bicyclic) bond motifs is 1. The number of hydrogen-bond donors (Lipinski definition) is 3. The van der Waals surface area contributed by atoms with Crippen molar-refractivity contribution in [3.63, 3.8) is 0 Å². The first-order chi connectivity index (χ1) is 15.2. The molecule has 4 aliphatic rings. The van der Waals surface area contributed by atoms with Gasteiger partial charge in [0.25, 0.3) is 0 Å². The van der Waals surface area contributed by atoms with Gasteiger partial charge >= 0.3 is 0 Å². The first kappa shape index (κ1) is 24.5. The lowest BCUT2D eigenvalue weighted by atomic mass is 9.60. The van der Waals surface area contributed by atoms with Gasteiger partial charge in [-0.2, -0.15) is 0 Å². The number of rotatable bonds is 6. The molecule has 6 atom stereocenters. The van der Waals surface area contributed by atoms with Crippen LogP contribution in [0.1, 0.15) is 111 Å². The van der Waals surface area contributed by atoms with E-state index in [1.807, 2.05) is 6.92 Å². The molecule has 4 saturated carbocycles. The highest BCUT2D eigenvalue weighted by Gasteiger charge is 2.50. The molecule has 4 rings (SSSR count). The van der Waals surface area contributed by atoms with Gasteiger partial charge in [0, 0.05) is 5.92 Å². The molecule has 4 fully saturated rings. The zero-order chi connectivity index (χ0) is 22.9. The fraction of sp³-hybridized carbons (Fsp3) is 0.862. The van der Waals surface area contributed by atoms with Crippen LogP contribution >= 0.6 is 0 Å². The van der Waals surface area contributed by atoms with Gasteiger partial charge < -0.3 is 15.3 Å². The summed E-state index contributed by atoms with van der Waals surface area (Å²) in [4.78, 5) is 0. The van der Waals surface area contributed by atoms with E-state index in [1.165, 1.54) is 63.4 Å². The van der Waals surface area contributed by atoms with Crippen LogP contribution in [0.5, 0.6) is 0 Å². The summed E-state index contributed by atoms with van der Waals surface area (Å²) in [5, 5.41) is 31.2. The van der Waals surface area contributed by atoms with Crippen molar-refractivity contribution in [1.29, 1.82) is 0 Å². The Bertz CT molecular complexity index is 689. The molecule has 0 aromatic rings. The maximum absolute atomic E-state index is 10.7. The summed E-state index contributed by atoms with van der Waals surface area (Å²) in [7, 11) is 0. The summed E-state index contributed by atoms with van der Waals surface area (Å²) >= 11 is 0. The lowest BCUT2D eigenvalue weighted by Crippen LogP contribution is -2.36. The van der Waals surface area contributed by atoms with E-state index in [4.69, 9.17) is 0 Å². The minimum atomic E-state index is -0.418. The molecule has 0 saturated heterocycles. The molecule has 0 amide bonds. The quantitative estimate of drug-likeness (QED) is 0.449. The summed E-state index contributed by atoms with van der Waals surface area (Å²) in [5.74, 6) is 2.19. The van der Waals surface area contributed by atoms with Crippen molar-refractivity contribution in [3.05, 3.63) is 23.3 Å². The van der Waals surface area contributed by atoms with Crippen molar-refractivity contribution < 1.29 is 15.3 Å². The molecule has 182 valence electrons. The van der Waals surface area contributed by atoms with E-state index < -0.39 is 12.2 Å². The molecule has 3 heteroatoms. The standard InChI is InChI=1S/C29H48O3/c1-20(8-6-17-29(32)15-4-5-16-29)24-12-13-25-23(9-7-14-28(24,25)3)11-10-22-18-26(30)21(2)27(31)19-22/h10-11,20-21,24-27,30-32H,4-9,12-19H2,1-3H3/b22-10?,23-11+. The van der Waals surface area contributed by atoms with E-state index in [0.29, 0.717) is 24.2 Å². The van der Waals surface area contributed by atoms with Crippen molar-refractivity contribution in [2.45, 2.75) is 128 Å². The Hall–Kier alpha value is -0.640. The summed E-state index contributed by atoms with van der Waals surface area (Å²) in [6, 6.07) is 0. The molecule has 0 bridgehead atoms. The first-order valence-electron chi connectivity index (χ1n) is 13.7. The van der Waals surface area contributed by atoms with Crippen LogP contribution in [0.25, 0.3) is 0 Å². The SMILES string of the molecule is CC(CCCC1(O)CCCC1)C1CCC2/C(=C/C=C3CC(O)C(C)C(O)C3)CCCC21C. The summed E-state index contributed by atoms with van der Waals surface area (Å²) < 4.78 is 0. The Balaban J connectivity index is 1.38. The molecule has 0 heterocycles. The maximum Gasteiger partial charge on any atom is 0.0647 e. The zero-order valence-corrected chi connectivity index (χ0v) is 20.9. The van der Waals surface area contributed by atoms with Gasteiger partial charge in [0.05, 0.1) is 17.8 Å². The van der Waals surface area contributed by atoms with Gasteiger partial charge in [0.1, 0.15) is 0 Å². The van der Waals surface area contributed by atoms with Gasteiger partial charge in [-0.25, -0.2) is 0 Å². The molecule has 6 unspecified atom stereocenters. The molecular formula is C29H48O3. The van der Waals surface area contributed by atoms with E-state index >= 15 is 0 Å². The number of allylic oxidation sites excluding steroid dienone is 3. The Morgan fingerprint density at radius 3 is 2.38 bits per heavy atom. The second-order valence-corrected chi connectivity index (χ2v) is 12.4. The van der Waals surface area contributed by atoms with Crippen LogP contribution in [0.15, 0.2) is 23.3 Å². The van der Waals surface area contributed by atoms with E-state index in [0.717, 1.165) is 31.1 Å². The highest BCUT2D eigenvalue weighted by Crippen LogP contribution is 2.60. The number of aliphatic hydroxyl groups excluding tert-OH is 2. The van der Waals surface area contributed by atoms with Crippen LogP contribution in [-0.2, 0) is 0 Å². The lowest BCUT2D eigenvalue weighted by molar-refractivity contribution is 0.00405. The number of hydrogen-bond acceptors (Lipinski definition) is 3. The fourth-order valence-corrected chi connectivity index (χ4v) is 8.06. The molecule has 0 aliphatic heterocycles. The van der Waals surface area contributed by atoms with Crippen LogP contribution in [0.2, 0.25) is 0 Å². The van der Waals surface area contributed by atoms with Crippen LogP contribution in [0.4, 0.5) is 0 Å². The van der Waals surface area contributed by atoms with Crippen molar-refractivity contribution in [3.8, 4) is 0 Å². The van der Waals surface area contributed by atoms with Crippen molar-refractivity contribution in [1.82, 2.24) is 0 Å². The molecule has 0 spiro atoms. The van der Waals surface area contributed by atoms with Crippen molar-refractivity contribution >= 4 is 0 Å². The summed E-state index contributed by atoms with van der Waals surface area (Å²) in [6.07, 6.45) is 19.5. The first-order valence-corrected chi connectivity index (χ1v) is 13.7. The Kier molecular flexibility index (Phi) is 7.59. The van der Waals surface area contributed by atoms with E-state index in [-0.39, 0.29) is 11.5 Å². The average molecular weight is 445 g/mol. The minimum absolute atomic E-state index is 0.0239. The van der Waals surface area contributed by atoms with Gasteiger partial charge in [-0.1, -0.05) is 69.8 Å². The van der Waals surface area contributed by atoms with Gasteiger partial charge in [-0.3, -0.25) is 0 Å². The molecule has 4 aliphatic carbocycles. The van der Waals surface area contributed by atoms with E-state index in [1.54, 1.807) is 5.57 Å². The largest absolute Gasteiger partial charge is 0.392 e. The van der Waals surface area contributed by atoms with Crippen LogP contribution in [0.3, 0.4) is 0 Å². The lowest BCUT2D eigenvalue weighted by Gasteiger charge is -2.44. The minimum Gasteiger partial charge on any atom is -0.392 e. The van der Waals surface area contributed by atoms with E-state index in [2.05, 4.69) is 26.0 Å². The molecule has 0 radical (unpaired) electrons. The van der Waals surface area contributed by atoms with Gasteiger partial charge in [0.15, 0.2) is 0 Å². The highest BCUT2D eigenvalue weighted by atomic mass is 16.3. The summed E-state index contributed by atoms with van der Waals surface area (Å²) in [6.45, 7) is 6.99. The van der Waals surface area contributed by atoms with Crippen LogP contribution in [0, 0.1) is 29.1 Å². The average Bonchev–Trinajstić information content (AvgIpc) is 3.33. The predicted molar refractivity (Wildman–Crippen MR) is 131 cm³/mol. The Morgan fingerprint density at radius 1 is 1.00 bits per heavy atom. The zero-order valence-electron chi connectivity index (χ0n) is 20.9. The predicted octanol–water partition coefficient (Wildman–Crippen LogP) is 6.32. The molecule has 0 aromatic heterocycles. The van der Waals surface area contributed by atoms with Gasteiger partial charge in [0.2, 0.25) is 0 Å². The summed E-state index contributed by atoms with van der Waals surface area (Å²) in [5.41, 5.74) is 2.88. The molecule has 3 nitrogen and oxygen atoms in total. The molecular weight excluding hydrogens is 396 g/mol. The van der Waals surface area contributed by atoms with Gasteiger partial charge in [-0.05, 0) is 87.4 Å². The molecule has 0 aromatic carbocycles. The third kappa shape index (κ3) is 5.05. The third-order valence-corrected chi connectivity index (χ3v) is 10.3. The fourth-order valence-electron chi connectivity index (χ4n) is 8.06. The monoisotopic (exact) mass is 444 g/mol. The Morgan fingerprint density at radius 2 is 1.69 bits per heavy atom. The third-order valence-electron chi connectivity index (χ3n) is 10.3. The van der Waals surface area contributed by atoms with Gasteiger partial charge in [-0.15, -0.1) is 0 Å². The van der Waals surface area contributed by atoms with E-state index in [9.17, 15) is 15.3 Å². The highest BCUT2D eigenvalue weighted by molar-refractivity contribution is 5.26. The van der Waals surface area contributed by atoms with Crippen LogP contribution < -0.4 is 0 Å². The molecule has 3 N–H and O–H groups in total. The smallest absolute Gasteiger partial charge is 0.0647 e. The van der Waals surface area contributed by atoms with Crippen molar-refractivity contribution in [2.75, 3.05) is 0 Å². The van der Waals surface area contributed by atoms with Crippen LogP contribution in [-0.4, -0.2) is 33.1 Å². The maximum atomic E-state index is 10.7. The van der Waals surface area contributed by atoms with Crippen molar-refractivity contribution in [2.24, 2.45) is 29.1 Å². The second-order valence-electron chi connectivity index (χ2n) is 12.4. The molecule has 32 heavy (non-hydrogen) atoms. The second kappa shape index (κ2) is 9.92. The number of aliphatic hydroxyl groups is 3. The topological polar surface area (TPSA) is 60.7 Å². The normalized spacial score (nSPS) is 41.6. The Labute approximate surface area is 196 Å².